The molecule has 0 bridgehead atoms. The van der Waals surface area contributed by atoms with E-state index >= 15 is 0 Å². The summed E-state index contributed by atoms with van der Waals surface area (Å²) in [7, 11) is 0. The van der Waals surface area contributed by atoms with E-state index in [-0.39, 0.29) is 11.8 Å². The van der Waals surface area contributed by atoms with E-state index in [1.54, 1.807) is 17.1 Å². The van der Waals surface area contributed by atoms with E-state index < -0.39 is 0 Å². The Morgan fingerprint density at radius 3 is 1.83 bits per heavy atom. The highest BCUT2D eigenvalue weighted by Gasteiger charge is 2.30. The molecule has 0 aliphatic rings. The first kappa shape index (κ1) is 20.5. The molecule has 1 N–H and O–H groups in total. The molecule has 0 aliphatic carbocycles. The summed E-state index contributed by atoms with van der Waals surface area (Å²) < 4.78 is 0. The zero-order valence-electron chi connectivity index (χ0n) is 16.8. The summed E-state index contributed by atoms with van der Waals surface area (Å²) in [5, 5.41) is 2.19. The van der Waals surface area contributed by atoms with Gasteiger partial charge >= 0.3 is 5.91 Å². The molecule has 2 amide bonds. The van der Waals surface area contributed by atoms with Crippen molar-refractivity contribution in [2.24, 2.45) is 0 Å². The van der Waals surface area contributed by atoms with Crippen LogP contribution in [0.1, 0.15) is 34.8 Å². The van der Waals surface area contributed by atoms with E-state index in [9.17, 15) is 9.59 Å². The number of benzene rings is 3. The lowest BCUT2D eigenvalue weighted by molar-refractivity contribution is -0.940. The van der Waals surface area contributed by atoms with Crippen LogP contribution >= 0.6 is 0 Å². The maximum absolute atomic E-state index is 13.3. The van der Waals surface area contributed by atoms with Crippen molar-refractivity contribution in [1.29, 1.82) is 0 Å². The zero-order chi connectivity index (χ0) is 20.5. The van der Waals surface area contributed by atoms with Crippen molar-refractivity contribution in [2.45, 2.75) is 26.3 Å². The quantitative estimate of drug-likeness (QED) is 0.632. The number of nitrogens with zero attached hydrogens (tertiary/aromatic N) is 1. The molecule has 0 spiro atoms. The molecule has 3 aromatic carbocycles. The van der Waals surface area contributed by atoms with Crippen molar-refractivity contribution in [3.63, 3.8) is 0 Å². The Bertz CT molecular complexity index is 911. The van der Waals surface area contributed by atoms with Gasteiger partial charge < -0.3 is 0 Å². The molecule has 4 nitrogen and oxygen atoms in total. The van der Waals surface area contributed by atoms with Gasteiger partial charge in [-0.25, -0.2) is 4.79 Å². The minimum absolute atomic E-state index is 0.0932. The van der Waals surface area contributed by atoms with Gasteiger partial charge in [-0.2, -0.15) is 10.0 Å². The first-order valence-electron chi connectivity index (χ1n) is 9.96. The van der Waals surface area contributed by atoms with Gasteiger partial charge in [-0.05, 0) is 30.5 Å². The summed E-state index contributed by atoms with van der Waals surface area (Å²) >= 11 is 0. The third-order valence-corrected chi connectivity index (χ3v) is 4.91. The van der Waals surface area contributed by atoms with Crippen molar-refractivity contribution >= 4 is 11.8 Å². The highest BCUT2D eigenvalue weighted by atomic mass is 16.2. The third-order valence-electron chi connectivity index (χ3n) is 4.91. The molecule has 3 aromatic rings. The van der Waals surface area contributed by atoms with E-state index in [0.717, 1.165) is 18.4 Å². The lowest BCUT2D eigenvalue weighted by Gasteiger charge is -2.28. The molecule has 0 aliphatic heterocycles. The van der Waals surface area contributed by atoms with Crippen molar-refractivity contribution in [1.82, 2.24) is 5.01 Å². The average Bonchev–Trinajstić information content (AvgIpc) is 2.77. The molecule has 1 atom stereocenters. The highest BCUT2D eigenvalue weighted by Crippen LogP contribution is 2.04. The maximum atomic E-state index is 13.3. The molecule has 4 heteroatoms. The molecular weight excluding hydrogens is 360 g/mol. The molecule has 3 rings (SSSR count). The van der Waals surface area contributed by atoms with Crippen molar-refractivity contribution in [3.8, 4) is 0 Å². The standard InChI is InChI=1S/C25H26N2O2/c1-21(28)26(19-11-16-22-12-5-2-6-13-22)27(20-23-14-7-3-8-15-23)25(29)24-17-9-4-10-18-24/h2-10,12-15,17-18H,11,16,19-20H2,1H3/p+1. The zero-order valence-corrected chi connectivity index (χ0v) is 16.8. The van der Waals surface area contributed by atoms with Crippen LogP contribution in [0, 0.1) is 0 Å². The number of hydrogen-bond donors (Lipinski definition) is 1. The molecule has 0 aromatic heterocycles. The van der Waals surface area contributed by atoms with E-state index in [4.69, 9.17) is 0 Å². The summed E-state index contributed by atoms with van der Waals surface area (Å²) in [4.78, 5) is 25.8. The number of carbonyl (C=O) groups is 2. The average molecular weight is 388 g/mol. The van der Waals surface area contributed by atoms with Gasteiger partial charge in [0.2, 0.25) is 0 Å². The number of rotatable bonds is 7. The minimum atomic E-state index is -0.103. The van der Waals surface area contributed by atoms with Gasteiger partial charge in [-0.15, -0.1) is 0 Å². The number of amides is 2. The molecule has 148 valence electrons. The molecule has 0 fully saturated rings. The minimum Gasteiger partial charge on any atom is -0.270 e. The van der Waals surface area contributed by atoms with Gasteiger partial charge in [0.25, 0.3) is 5.91 Å². The van der Waals surface area contributed by atoms with Gasteiger partial charge in [-0.1, -0.05) is 78.9 Å². The second-order valence-corrected chi connectivity index (χ2v) is 7.06. The number of aryl methyl sites for hydroxylation is 1. The monoisotopic (exact) mass is 387 g/mol. The smallest absolute Gasteiger partial charge is 0.270 e. The van der Waals surface area contributed by atoms with E-state index in [0.29, 0.717) is 23.7 Å². The summed E-state index contributed by atoms with van der Waals surface area (Å²) in [5.41, 5.74) is 2.85. The van der Waals surface area contributed by atoms with Crippen molar-refractivity contribution < 1.29 is 14.6 Å². The molecule has 1 unspecified atom stereocenters. The van der Waals surface area contributed by atoms with Gasteiger partial charge in [0.05, 0.1) is 12.1 Å². The first-order chi connectivity index (χ1) is 14.1. The third kappa shape index (κ3) is 5.87. The Morgan fingerprint density at radius 1 is 0.759 bits per heavy atom. The Hall–Kier alpha value is -3.24. The predicted molar refractivity (Wildman–Crippen MR) is 114 cm³/mol. The van der Waals surface area contributed by atoms with Crippen LogP contribution in [0.2, 0.25) is 0 Å². The summed E-state index contributed by atoms with van der Waals surface area (Å²) in [6.07, 6.45) is 1.66. The topological polar surface area (TPSA) is 41.8 Å². The van der Waals surface area contributed by atoms with Crippen LogP contribution in [0.15, 0.2) is 91.0 Å². The fraction of sp³-hybridized carbons (Fsp3) is 0.200. The summed E-state index contributed by atoms with van der Waals surface area (Å²) in [5.74, 6) is -0.197. The van der Waals surface area contributed by atoms with Crippen molar-refractivity contribution in [2.75, 3.05) is 6.54 Å². The van der Waals surface area contributed by atoms with Gasteiger partial charge in [0.15, 0.2) is 0 Å². The van der Waals surface area contributed by atoms with E-state index in [1.165, 1.54) is 12.5 Å². The predicted octanol–water partition coefficient (Wildman–Crippen LogP) is 3.31. The molecule has 0 heterocycles. The number of quaternary nitrogens is 1. The molecular formula is C25H27N2O2+. The SMILES string of the molecule is CC(=O)N(CCCc1ccccc1)[NH+](Cc1ccccc1)C(=O)c1ccccc1. The highest BCUT2D eigenvalue weighted by molar-refractivity contribution is 5.88. The largest absolute Gasteiger partial charge is 0.368 e. The fourth-order valence-corrected chi connectivity index (χ4v) is 3.41. The van der Waals surface area contributed by atoms with Crippen LogP contribution in [0.4, 0.5) is 0 Å². The number of nitrogens with one attached hydrogen (secondary N) is 1. The van der Waals surface area contributed by atoms with Crippen LogP contribution in [0.25, 0.3) is 0 Å². The lowest BCUT2D eigenvalue weighted by atomic mass is 10.1. The van der Waals surface area contributed by atoms with Gasteiger partial charge in [0.1, 0.15) is 6.54 Å². The Labute approximate surface area is 172 Å². The van der Waals surface area contributed by atoms with Crippen LogP contribution < -0.4 is 5.01 Å². The molecule has 0 radical (unpaired) electrons. The van der Waals surface area contributed by atoms with E-state index in [1.807, 2.05) is 66.7 Å². The van der Waals surface area contributed by atoms with Gasteiger partial charge in [-0.3, -0.25) is 4.79 Å². The Kier molecular flexibility index (Phi) is 7.31. The molecule has 0 saturated carbocycles. The Morgan fingerprint density at radius 2 is 1.28 bits per heavy atom. The number of hydrogen-bond acceptors (Lipinski definition) is 2. The maximum Gasteiger partial charge on any atom is 0.368 e. The Balaban J connectivity index is 1.80. The second-order valence-electron chi connectivity index (χ2n) is 7.06. The van der Waals surface area contributed by atoms with Crippen LogP contribution in [0.5, 0.6) is 0 Å². The first-order valence-corrected chi connectivity index (χ1v) is 9.96. The summed E-state index contributed by atoms with van der Waals surface area (Å²) in [6, 6.07) is 29.2. The fourth-order valence-electron chi connectivity index (χ4n) is 3.41. The van der Waals surface area contributed by atoms with E-state index in [2.05, 4.69) is 12.1 Å². The van der Waals surface area contributed by atoms with Crippen molar-refractivity contribution in [3.05, 3.63) is 108 Å². The summed E-state index contributed by atoms with van der Waals surface area (Å²) in [6.45, 7) is 2.48. The number of carbonyl (C=O) groups excluding carboxylic acids is 2. The molecule has 29 heavy (non-hydrogen) atoms. The molecule has 0 saturated heterocycles. The normalized spacial score (nSPS) is 11.6. The lowest BCUT2D eigenvalue weighted by Crippen LogP contribution is -3.20. The van der Waals surface area contributed by atoms with Gasteiger partial charge in [0, 0.05) is 12.5 Å². The van der Waals surface area contributed by atoms with Crippen LogP contribution in [-0.2, 0) is 17.8 Å². The van der Waals surface area contributed by atoms with Crippen LogP contribution in [-0.4, -0.2) is 23.4 Å². The second kappa shape index (κ2) is 10.3. The van der Waals surface area contributed by atoms with Crippen LogP contribution in [0.3, 0.4) is 0 Å².